The van der Waals surface area contributed by atoms with Crippen LogP contribution in [0.1, 0.15) is 25.8 Å². The predicted octanol–water partition coefficient (Wildman–Crippen LogP) is 2.18. The molecule has 1 unspecified atom stereocenters. The molecule has 1 aromatic rings. The standard InChI is InChI=1S/C14H17N3O3/c1-3-14(2,12(18)19)9-16-13(20)17-11-6-4-10(8-15)5-7-11/h4-7H,3,9H2,1-2H3,(H,18,19)(H2,16,17,20). The van der Waals surface area contributed by atoms with Crippen molar-refractivity contribution < 1.29 is 14.7 Å². The minimum Gasteiger partial charge on any atom is -0.481 e. The van der Waals surface area contributed by atoms with Crippen molar-refractivity contribution in [3.05, 3.63) is 29.8 Å². The third-order valence-corrected chi connectivity index (χ3v) is 3.21. The lowest BCUT2D eigenvalue weighted by Crippen LogP contribution is -2.42. The number of hydrogen-bond donors (Lipinski definition) is 3. The Kier molecular flexibility index (Phi) is 5.09. The summed E-state index contributed by atoms with van der Waals surface area (Å²) < 4.78 is 0. The zero-order chi connectivity index (χ0) is 15.2. The number of hydrogen-bond acceptors (Lipinski definition) is 3. The molecular formula is C14H17N3O3. The van der Waals surface area contributed by atoms with E-state index in [2.05, 4.69) is 10.6 Å². The first-order chi connectivity index (χ1) is 9.41. The molecule has 0 aromatic heterocycles. The Morgan fingerprint density at radius 2 is 1.95 bits per heavy atom. The van der Waals surface area contributed by atoms with E-state index in [0.717, 1.165) is 0 Å². The van der Waals surface area contributed by atoms with E-state index in [-0.39, 0.29) is 6.54 Å². The quantitative estimate of drug-likeness (QED) is 0.766. The van der Waals surface area contributed by atoms with Crippen LogP contribution in [-0.4, -0.2) is 23.7 Å². The number of carboxylic acid groups (broad SMARTS) is 1. The lowest BCUT2D eigenvalue weighted by Gasteiger charge is -2.23. The first kappa shape index (κ1) is 15.5. The van der Waals surface area contributed by atoms with Crippen LogP contribution in [0.4, 0.5) is 10.5 Å². The van der Waals surface area contributed by atoms with Gasteiger partial charge in [-0.15, -0.1) is 0 Å². The number of amides is 2. The Morgan fingerprint density at radius 1 is 1.35 bits per heavy atom. The van der Waals surface area contributed by atoms with Gasteiger partial charge in [-0.3, -0.25) is 4.79 Å². The van der Waals surface area contributed by atoms with Crippen molar-refractivity contribution in [3.63, 3.8) is 0 Å². The summed E-state index contributed by atoms with van der Waals surface area (Å²) in [4.78, 5) is 22.8. The monoisotopic (exact) mass is 275 g/mol. The smallest absolute Gasteiger partial charge is 0.319 e. The number of carbonyl (C=O) groups excluding carboxylic acids is 1. The Hall–Kier alpha value is -2.55. The van der Waals surface area contributed by atoms with Gasteiger partial charge < -0.3 is 15.7 Å². The Labute approximate surface area is 117 Å². The highest BCUT2D eigenvalue weighted by Crippen LogP contribution is 2.19. The second-order valence-corrected chi connectivity index (χ2v) is 4.72. The number of benzene rings is 1. The number of nitrogens with zero attached hydrogens (tertiary/aromatic N) is 1. The number of carboxylic acids is 1. The average Bonchev–Trinajstić information content (AvgIpc) is 2.45. The molecule has 0 radical (unpaired) electrons. The van der Waals surface area contributed by atoms with Gasteiger partial charge in [0.05, 0.1) is 17.0 Å². The molecule has 0 aliphatic carbocycles. The number of nitriles is 1. The van der Waals surface area contributed by atoms with E-state index in [9.17, 15) is 9.59 Å². The van der Waals surface area contributed by atoms with Gasteiger partial charge in [-0.1, -0.05) is 6.92 Å². The molecule has 0 bridgehead atoms. The van der Waals surface area contributed by atoms with Gasteiger partial charge in [-0.25, -0.2) is 4.79 Å². The number of carbonyl (C=O) groups is 2. The van der Waals surface area contributed by atoms with Crippen LogP contribution in [0.25, 0.3) is 0 Å². The molecule has 0 heterocycles. The van der Waals surface area contributed by atoms with Crippen LogP contribution in [0.2, 0.25) is 0 Å². The fraction of sp³-hybridized carbons (Fsp3) is 0.357. The first-order valence-electron chi connectivity index (χ1n) is 6.19. The van der Waals surface area contributed by atoms with Crippen LogP contribution in [0, 0.1) is 16.7 Å². The van der Waals surface area contributed by atoms with Crippen LogP contribution < -0.4 is 10.6 Å². The van der Waals surface area contributed by atoms with Crippen molar-refractivity contribution in [2.45, 2.75) is 20.3 Å². The molecule has 1 rings (SSSR count). The van der Waals surface area contributed by atoms with E-state index >= 15 is 0 Å². The average molecular weight is 275 g/mol. The number of urea groups is 1. The largest absolute Gasteiger partial charge is 0.481 e. The molecule has 3 N–H and O–H groups in total. The molecule has 0 spiro atoms. The number of anilines is 1. The van der Waals surface area contributed by atoms with E-state index in [1.54, 1.807) is 38.1 Å². The minimum absolute atomic E-state index is 0.0426. The number of rotatable bonds is 5. The van der Waals surface area contributed by atoms with Crippen molar-refractivity contribution in [3.8, 4) is 6.07 Å². The highest BCUT2D eigenvalue weighted by molar-refractivity contribution is 5.89. The summed E-state index contributed by atoms with van der Waals surface area (Å²) in [6.45, 7) is 3.38. The third kappa shape index (κ3) is 3.99. The van der Waals surface area contributed by atoms with Gasteiger partial charge in [0.2, 0.25) is 0 Å². The summed E-state index contributed by atoms with van der Waals surface area (Å²) in [7, 11) is 0. The Balaban J connectivity index is 2.55. The van der Waals surface area contributed by atoms with Crippen molar-refractivity contribution in [2.24, 2.45) is 5.41 Å². The Bertz CT molecular complexity index is 534. The molecule has 1 atom stereocenters. The zero-order valence-electron chi connectivity index (χ0n) is 11.4. The summed E-state index contributed by atoms with van der Waals surface area (Å²) >= 11 is 0. The van der Waals surface area contributed by atoms with Gasteiger partial charge in [0.25, 0.3) is 0 Å². The van der Waals surface area contributed by atoms with Crippen LogP contribution in [-0.2, 0) is 4.79 Å². The molecule has 0 fully saturated rings. The van der Waals surface area contributed by atoms with E-state index in [1.807, 2.05) is 6.07 Å². The highest BCUT2D eigenvalue weighted by Gasteiger charge is 2.31. The molecular weight excluding hydrogens is 258 g/mol. The number of aliphatic carboxylic acids is 1. The molecule has 1 aromatic carbocycles. The van der Waals surface area contributed by atoms with Crippen molar-refractivity contribution in [1.29, 1.82) is 5.26 Å². The van der Waals surface area contributed by atoms with Crippen LogP contribution in [0.15, 0.2) is 24.3 Å². The van der Waals surface area contributed by atoms with E-state index in [1.165, 1.54) is 0 Å². The van der Waals surface area contributed by atoms with E-state index < -0.39 is 17.4 Å². The number of nitrogens with one attached hydrogen (secondary N) is 2. The van der Waals surface area contributed by atoms with Gasteiger partial charge in [0.15, 0.2) is 0 Å². The van der Waals surface area contributed by atoms with Crippen molar-refractivity contribution in [2.75, 3.05) is 11.9 Å². The zero-order valence-corrected chi connectivity index (χ0v) is 11.4. The lowest BCUT2D eigenvalue weighted by molar-refractivity contribution is -0.147. The van der Waals surface area contributed by atoms with Crippen LogP contribution in [0.5, 0.6) is 0 Å². The van der Waals surface area contributed by atoms with Crippen LogP contribution in [0.3, 0.4) is 0 Å². The normalized spacial score (nSPS) is 12.8. The topological polar surface area (TPSA) is 102 Å². The third-order valence-electron chi connectivity index (χ3n) is 3.21. The van der Waals surface area contributed by atoms with E-state index in [4.69, 9.17) is 10.4 Å². The molecule has 0 aliphatic rings. The second kappa shape index (κ2) is 6.57. The fourth-order valence-corrected chi connectivity index (χ4v) is 1.43. The summed E-state index contributed by atoms with van der Waals surface area (Å²) in [5.41, 5.74) is 0.0533. The molecule has 2 amide bonds. The highest BCUT2D eigenvalue weighted by atomic mass is 16.4. The van der Waals surface area contributed by atoms with Gasteiger partial charge in [0.1, 0.15) is 0 Å². The molecule has 20 heavy (non-hydrogen) atoms. The van der Waals surface area contributed by atoms with Crippen LogP contribution >= 0.6 is 0 Å². The van der Waals surface area contributed by atoms with Crippen molar-refractivity contribution >= 4 is 17.7 Å². The SMILES string of the molecule is CCC(C)(CNC(=O)Nc1ccc(C#N)cc1)C(=O)O. The molecule has 6 nitrogen and oxygen atoms in total. The predicted molar refractivity (Wildman–Crippen MR) is 74.2 cm³/mol. The molecule has 0 saturated carbocycles. The minimum atomic E-state index is -0.984. The maximum absolute atomic E-state index is 11.7. The van der Waals surface area contributed by atoms with E-state index in [0.29, 0.717) is 17.7 Å². The summed E-state index contributed by atoms with van der Waals surface area (Å²) in [5, 5.41) is 22.9. The molecule has 0 saturated heterocycles. The second-order valence-electron chi connectivity index (χ2n) is 4.72. The first-order valence-corrected chi connectivity index (χ1v) is 6.19. The maximum atomic E-state index is 11.7. The fourth-order valence-electron chi connectivity index (χ4n) is 1.43. The maximum Gasteiger partial charge on any atom is 0.319 e. The van der Waals surface area contributed by atoms with Gasteiger partial charge in [-0.2, -0.15) is 5.26 Å². The lowest BCUT2D eigenvalue weighted by atomic mass is 9.88. The summed E-state index contributed by atoms with van der Waals surface area (Å²) in [6, 6.07) is 7.89. The van der Waals surface area contributed by atoms with Gasteiger partial charge in [0, 0.05) is 12.2 Å². The molecule has 6 heteroatoms. The molecule has 106 valence electrons. The van der Waals surface area contributed by atoms with Gasteiger partial charge >= 0.3 is 12.0 Å². The summed E-state index contributed by atoms with van der Waals surface area (Å²) in [5.74, 6) is -0.946. The van der Waals surface area contributed by atoms with Gasteiger partial charge in [-0.05, 0) is 37.6 Å². The summed E-state index contributed by atoms with van der Waals surface area (Å²) in [6.07, 6.45) is 0.416. The molecule has 0 aliphatic heterocycles. The Morgan fingerprint density at radius 3 is 2.40 bits per heavy atom. The van der Waals surface area contributed by atoms with Crippen molar-refractivity contribution in [1.82, 2.24) is 5.32 Å².